The van der Waals surface area contributed by atoms with Gasteiger partial charge in [-0.3, -0.25) is 0 Å². The van der Waals surface area contributed by atoms with Gasteiger partial charge in [0.25, 0.3) is 0 Å². The summed E-state index contributed by atoms with van der Waals surface area (Å²) in [5.74, 6) is 1.55. The minimum absolute atomic E-state index is 0.0405. The van der Waals surface area contributed by atoms with Crippen molar-refractivity contribution in [3.63, 3.8) is 0 Å². The molecule has 1 heterocycles. The van der Waals surface area contributed by atoms with E-state index < -0.39 is 0 Å². The Bertz CT molecular complexity index is 525. The molecule has 22 heavy (non-hydrogen) atoms. The van der Waals surface area contributed by atoms with Crippen molar-refractivity contribution in [2.45, 2.75) is 0 Å². The zero-order valence-electron chi connectivity index (χ0n) is 13.2. The molecule has 0 radical (unpaired) electrons. The number of urea groups is 1. The van der Waals surface area contributed by atoms with Crippen molar-refractivity contribution in [1.82, 2.24) is 10.2 Å². The van der Waals surface area contributed by atoms with Crippen LogP contribution in [0.15, 0.2) is 30.9 Å². The van der Waals surface area contributed by atoms with Gasteiger partial charge in [-0.25, -0.2) is 4.79 Å². The van der Waals surface area contributed by atoms with Crippen molar-refractivity contribution in [3.05, 3.63) is 30.9 Å². The van der Waals surface area contributed by atoms with Gasteiger partial charge in [-0.15, -0.1) is 6.58 Å². The van der Waals surface area contributed by atoms with E-state index in [4.69, 9.17) is 9.47 Å². The van der Waals surface area contributed by atoms with Gasteiger partial charge in [-0.05, 0) is 12.1 Å². The van der Waals surface area contributed by atoms with Gasteiger partial charge < -0.3 is 24.6 Å². The summed E-state index contributed by atoms with van der Waals surface area (Å²) < 4.78 is 10.7. The van der Waals surface area contributed by atoms with Crippen LogP contribution in [-0.2, 0) is 0 Å². The van der Waals surface area contributed by atoms with E-state index >= 15 is 0 Å². The number of hydrogen-bond donors (Lipinski definition) is 1. The highest BCUT2D eigenvalue weighted by Gasteiger charge is 2.22. The molecule has 0 spiro atoms. The van der Waals surface area contributed by atoms with Crippen LogP contribution in [0.4, 0.5) is 10.5 Å². The molecule has 1 aliphatic rings. The number of carbonyl (C=O) groups excluding carboxylic acids is 1. The Hall–Kier alpha value is -2.37. The van der Waals surface area contributed by atoms with Crippen molar-refractivity contribution in [2.75, 3.05) is 51.8 Å². The molecule has 1 fully saturated rings. The molecule has 0 aromatic heterocycles. The Morgan fingerprint density at radius 2 is 2.00 bits per heavy atom. The molecule has 1 aromatic rings. The van der Waals surface area contributed by atoms with Crippen LogP contribution in [0.25, 0.3) is 0 Å². The Morgan fingerprint density at radius 3 is 2.59 bits per heavy atom. The lowest BCUT2D eigenvalue weighted by Gasteiger charge is -2.36. The van der Waals surface area contributed by atoms with Crippen molar-refractivity contribution < 1.29 is 14.3 Å². The molecular formula is C16H23N3O3. The Morgan fingerprint density at radius 1 is 1.27 bits per heavy atom. The van der Waals surface area contributed by atoms with E-state index in [0.29, 0.717) is 19.6 Å². The molecule has 0 atom stereocenters. The first kappa shape index (κ1) is 16.0. The van der Waals surface area contributed by atoms with E-state index in [1.807, 2.05) is 23.1 Å². The highest BCUT2D eigenvalue weighted by Crippen LogP contribution is 2.32. The van der Waals surface area contributed by atoms with Crippen LogP contribution in [0.2, 0.25) is 0 Å². The molecular weight excluding hydrogens is 282 g/mol. The topological polar surface area (TPSA) is 54.0 Å². The van der Waals surface area contributed by atoms with Crippen molar-refractivity contribution in [3.8, 4) is 11.5 Å². The van der Waals surface area contributed by atoms with Gasteiger partial charge in [0.15, 0.2) is 0 Å². The largest absolute Gasteiger partial charge is 0.497 e. The van der Waals surface area contributed by atoms with E-state index in [1.54, 1.807) is 20.3 Å². The molecule has 2 amide bonds. The average molecular weight is 305 g/mol. The number of rotatable bonds is 5. The second kappa shape index (κ2) is 7.59. The number of carbonyl (C=O) groups is 1. The summed E-state index contributed by atoms with van der Waals surface area (Å²) in [6, 6.07) is 5.74. The van der Waals surface area contributed by atoms with E-state index in [9.17, 15) is 4.79 Å². The predicted octanol–water partition coefficient (Wildman–Crippen LogP) is 1.72. The first-order valence-corrected chi connectivity index (χ1v) is 7.30. The summed E-state index contributed by atoms with van der Waals surface area (Å²) in [6.07, 6.45) is 1.68. The van der Waals surface area contributed by atoms with Crippen LogP contribution in [-0.4, -0.2) is 57.9 Å². The van der Waals surface area contributed by atoms with Crippen LogP contribution in [0.5, 0.6) is 11.5 Å². The maximum atomic E-state index is 11.9. The molecule has 1 saturated heterocycles. The van der Waals surface area contributed by atoms with E-state index in [2.05, 4.69) is 16.8 Å². The van der Waals surface area contributed by atoms with E-state index in [1.165, 1.54) is 0 Å². The van der Waals surface area contributed by atoms with Gasteiger partial charge in [0.1, 0.15) is 11.5 Å². The molecule has 1 aliphatic heterocycles. The van der Waals surface area contributed by atoms with Crippen LogP contribution < -0.4 is 19.7 Å². The fraction of sp³-hybridized carbons (Fsp3) is 0.438. The minimum atomic E-state index is -0.0405. The number of methoxy groups -OCH3 is 2. The van der Waals surface area contributed by atoms with Gasteiger partial charge in [0.2, 0.25) is 0 Å². The highest BCUT2D eigenvalue weighted by molar-refractivity contribution is 5.75. The number of benzene rings is 1. The fourth-order valence-corrected chi connectivity index (χ4v) is 2.47. The summed E-state index contributed by atoms with van der Waals surface area (Å²) in [7, 11) is 3.28. The lowest BCUT2D eigenvalue weighted by Crippen LogP contribution is -2.52. The second-order valence-electron chi connectivity index (χ2n) is 4.99. The molecule has 0 bridgehead atoms. The SMILES string of the molecule is C=CCNC(=O)N1CCN(c2ccc(OC)cc2OC)CC1. The summed E-state index contributed by atoms with van der Waals surface area (Å²) >= 11 is 0. The summed E-state index contributed by atoms with van der Waals surface area (Å²) in [5.41, 5.74) is 1.02. The monoisotopic (exact) mass is 305 g/mol. The molecule has 120 valence electrons. The minimum Gasteiger partial charge on any atom is -0.497 e. The summed E-state index contributed by atoms with van der Waals surface area (Å²) in [6.45, 7) is 6.98. The lowest BCUT2D eigenvalue weighted by atomic mass is 10.2. The zero-order valence-corrected chi connectivity index (χ0v) is 13.2. The Balaban J connectivity index is 1.99. The first-order chi connectivity index (χ1) is 10.7. The van der Waals surface area contributed by atoms with Crippen molar-refractivity contribution in [2.24, 2.45) is 0 Å². The van der Waals surface area contributed by atoms with E-state index in [0.717, 1.165) is 30.3 Å². The lowest BCUT2D eigenvalue weighted by molar-refractivity contribution is 0.195. The molecule has 6 nitrogen and oxygen atoms in total. The van der Waals surface area contributed by atoms with Gasteiger partial charge >= 0.3 is 6.03 Å². The number of nitrogens with one attached hydrogen (secondary N) is 1. The standard InChI is InChI=1S/C16H23N3O3/c1-4-7-17-16(20)19-10-8-18(9-11-19)14-6-5-13(21-2)12-15(14)22-3/h4-6,12H,1,7-11H2,2-3H3,(H,17,20). The number of piperazine rings is 1. The smallest absolute Gasteiger partial charge is 0.317 e. The molecule has 1 aromatic carbocycles. The van der Waals surface area contributed by atoms with E-state index in [-0.39, 0.29) is 6.03 Å². The molecule has 2 rings (SSSR count). The molecule has 0 aliphatic carbocycles. The van der Waals surface area contributed by atoms with Crippen LogP contribution in [0, 0.1) is 0 Å². The number of ether oxygens (including phenoxy) is 2. The quantitative estimate of drug-likeness (QED) is 0.842. The van der Waals surface area contributed by atoms with Crippen LogP contribution >= 0.6 is 0 Å². The first-order valence-electron chi connectivity index (χ1n) is 7.30. The van der Waals surface area contributed by atoms with Gasteiger partial charge in [-0.1, -0.05) is 6.08 Å². The van der Waals surface area contributed by atoms with Gasteiger partial charge in [0, 0.05) is 38.8 Å². The Labute approximate surface area is 131 Å². The molecule has 0 unspecified atom stereocenters. The van der Waals surface area contributed by atoms with Crippen molar-refractivity contribution in [1.29, 1.82) is 0 Å². The van der Waals surface area contributed by atoms with Gasteiger partial charge in [-0.2, -0.15) is 0 Å². The maximum Gasteiger partial charge on any atom is 0.317 e. The number of hydrogen-bond acceptors (Lipinski definition) is 4. The second-order valence-corrected chi connectivity index (χ2v) is 4.99. The van der Waals surface area contributed by atoms with Crippen LogP contribution in [0.3, 0.4) is 0 Å². The van der Waals surface area contributed by atoms with Crippen molar-refractivity contribution >= 4 is 11.7 Å². The van der Waals surface area contributed by atoms with Crippen LogP contribution in [0.1, 0.15) is 0 Å². The Kier molecular flexibility index (Phi) is 5.52. The maximum absolute atomic E-state index is 11.9. The predicted molar refractivity (Wildman–Crippen MR) is 86.9 cm³/mol. The molecule has 0 saturated carbocycles. The van der Waals surface area contributed by atoms with Gasteiger partial charge in [0.05, 0.1) is 19.9 Å². The normalized spacial score (nSPS) is 14.5. The summed E-state index contributed by atoms with van der Waals surface area (Å²) in [4.78, 5) is 15.9. The third-order valence-corrected chi connectivity index (χ3v) is 3.69. The third kappa shape index (κ3) is 3.63. The zero-order chi connectivity index (χ0) is 15.9. The molecule has 1 N–H and O–H groups in total. The average Bonchev–Trinajstić information content (AvgIpc) is 2.59. The number of nitrogens with zero attached hydrogens (tertiary/aromatic N) is 2. The number of anilines is 1. The highest BCUT2D eigenvalue weighted by atomic mass is 16.5. The number of amides is 2. The molecule has 6 heteroatoms. The fourth-order valence-electron chi connectivity index (χ4n) is 2.47. The summed E-state index contributed by atoms with van der Waals surface area (Å²) in [5, 5.41) is 2.80. The third-order valence-electron chi connectivity index (χ3n) is 3.69.